The molecule has 4 aromatic heterocycles. The van der Waals surface area contributed by atoms with Gasteiger partial charge in [0, 0.05) is 30.2 Å². The number of hydrogen-bond acceptors (Lipinski definition) is 7. The second-order valence-electron chi connectivity index (χ2n) is 7.22. The number of rotatable bonds is 3. The molecule has 152 valence electrons. The molecule has 5 heterocycles. The Morgan fingerprint density at radius 3 is 2.97 bits per heavy atom. The minimum Gasteiger partial charge on any atom is -0.411 e. The highest BCUT2D eigenvalue weighted by Gasteiger charge is 2.37. The average Bonchev–Trinajstić information content (AvgIpc) is 3.58. The van der Waals surface area contributed by atoms with Crippen LogP contribution in [0.5, 0.6) is 0 Å². The van der Waals surface area contributed by atoms with Gasteiger partial charge in [0.05, 0.1) is 23.2 Å². The Bertz CT molecular complexity index is 1390. The van der Waals surface area contributed by atoms with Gasteiger partial charge in [-0.25, -0.2) is 4.98 Å². The van der Waals surface area contributed by atoms with Crippen molar-refractivity contribution in [3.63, 3.8) is 0 Å². The number of H-pyrrole nitrogens is 2. The van der Waals surface area contributed by atoms with Crippen molar-refractivity contribution in [3.8, 4) is 11.6 Å². The van der Waals surface area contributed by atoms with Crippen LogP contribution in [0.15, 0.2) is 59.4 Å². The number of aromatic amines is 2. The maximum absolute atomic E-state index is 13.4. The molecule has 0 bridgehead atoms. The zero-order valence-corrected chi connectivity index (χ0v) is 16.2. The van der Waals surface area contributed by atoms with Gasteiger partial charge in [-0.1, -0.05) is 24.3 Å². The van der Waals surface area contributed by atoms with Gasteiger partial charge < -0.3 is 14.3 Å². The SMILES string of the molecule is O=C(c1nnc(-c2cc[nH]n2)o1)N1CCc2[nH]cnc2[C@H]1c1ccc2ccccc2n1. The quantitative estimate of drug-likeness (QED) is 0.466. The number of fused-ring (bicyclic) bond motifs is 2. The number of para-hydroxylation sites is 1. The van der Waals surface area contributed by atoms with Crippen LogP contribution in [0.25, 0.3) is 22.5 Å². The Kier molecular flexibility index (Phi) is 3.88. The number of hydrogen-bond donors (Lipinski definition) is 2. The van der Waals surface area contributed by atoms with E-state index in [0.29, 0.717) is 18.7 Å². The third kappa shape index (κ3) is 2.88. The maximum atomic E-state index is 13.4. The first-order valence-corrected chi connectivity index (χ1v) is 9.80. The van der Waals surface area contributed by atoms with Crippen LogP contribution in [-0.2, 0) is 6.42 Å². The molecule has 0 radical (unpaired) electrons. The van der Waals surface area contributed by atoms with Crippen LogP contribution in [0.3, 0.4) is 0 Å². The third-order valence-corrected chi connectivity index (χ3v) is 5.41. The van der Waals surface area contributed by atoms with Crippen molar-refractivity contribution < 1.29 is 9.21 Å². The van der Waals surface area contributed by atoms with Crippen LogP contribution >= 0.6 is 0 Å². The van der Waals surface area contributed by atoms with Gasteiger partial charge in [-0.15, -0.1) is 10.2 Å². The summed E-state index contributed by atoms with van der Waals surface area (Å²) in [6, 6.07) is 13.0. The molecule has 1 aliphatic heterocycles. The number of aromatic nitrogens is 7. The molecule has 2 N–H and O–H groups in total. The average molecular weight is 412 g/mol. The van der Waals surface area contributed by atoms with E-state index < -0.39 is 6.04 Å². The summed E-state index contributed by atoms with van der Waals surface area (Å²) < 4.78 is 5.62. The van der Waals surface area contributed by atoms with Crippen LogP contribution in [0.2, 0.25) is 0 Å². The van der Waals surface area contributed by atoms with Crippen LogP contribution in [0.1, 0.15) is 33.8 Å². The van der Waals surface area contributed by atoms with Crippen LogP contribution in [0, 0.1) is 0 Å². The van der Waals surface area contributed by atoms with Gasteiger partial charge in [-0.05, 0) is 18.2 Å². The Morgan fingerprint density at radius 1 is 1.13 bits per heavy atom. The largest absolute Gasteiger partial charge is 0.411 e. The van der Waals surface area contributed by atoms with E-state index in [-0.39, 0.29) is 17.7 Å². The summed E-state index contributed by atoms with van der Waals surface area (Å²) in [6.45, 7) is 0.466. The lowest BCUT2D eigenvalue weighted by atomic mass is 9.98. The highest BCUT2D eigenvalue weighted by Crippen LogP contribution is 2.34. The summed E-state index contributed by atoms with van der Waals surface area (Å²) in [4.78, 5) is 27.6. The lowest BCUT2D eigenvalue weighted by Gasteiger charge is -2.33. The summed E-state index contributed by atoms with van der Waals surface area (Å²) in [6.07, 6.45) is 3.94. The molecule has 0 saturated carbocycles. The predicted molar refractivity (Wildman–Crippen MR) is 109 cm³/mol. The van der Waals surface area contributed by atoms with Crippen molar-refractivity contribution in [2.75, 3.05) is 6.54 Å². The van der Waals surface area contributed by atoms with Crippen LogP contribution < -0.4 is 0 Å². The van der Waals surface area contributed by atoms with E-state index in [1.807, 2.05) is 36.4 Å². The Labute approximate surface area is 175 Å². The summed E-state index contributed by atoms with van der Waals surface area (Å²) >= 11 is 0. The zero-order valence-electron chi connectivity index (χ0n) is 16.2. The fraction of sp³-hybridized carbons (Fsp3) is 0.143. The first kappa shape index (κ1) is 17.5. The molecule has 1 aromatic carbocycles. The molecular weight excluding hydrogens is 396 g/mol. The minimum absolute atomic E-state index is 0.0947. The molecule has 31 heavy (non-hydrogen) atoms. The van der Waals surface area contributed by atoms with E-state index in [9.17, 15) is 4.79 Å². The predicted octanol–water partition coefficient (Wildman–Crippen LogP) is 2.52. The summed E-state index contributed by atoms with van der Waals surface area (Å²) in [5.41, 5.74) is 3.83. The molecular formula is C21H16N8O2. The maximum Gasteiger partial charge on any atom is 0.312 e. The molecule has 5 aromatic rings. The highest BCUT2D eigenvalue weighted by molar-refractivity contribution is 5.90. The molecule has 1 amide bonds. The number of pyridine rings is 1. The van der Waals surface area contributed by atoms with Crippen molar-refractivity contribution in [1.29, 1.82) is 0 Å². The number of amides is 1. The molecule has 0 fully saturated rings. The van der Waals surface area contributed by atoms with Crippen molar-refractivity contribution >= 4 is 16.8 Å². The molecule has 6 rings (SSSR count). The Balaban J connectivity index is 1.42. The molecule has 0 unspecified atom stereocenters. The lowest BCUT2D eigenvalue weighted by molar-refractivity contribution is 0.0647. The molecule has 1 atom stereocenters. The van der Waals surface area contributed by atoms with Crippen molar-refractivity contribution in [2.45, 2.75) is 12.5 Å². The summed E-state index contributed by atoms with van der Waals surface area (Å²) in [7, 11) is 0. The van der Waals surface area contributed by atoms with Crippen molar-refractivity contribution in [3.05, 3.63) is 78.0 Å². The minimum atomic E-state index is -0.465. The first-order valence-electron chi connectivity index (χ1n) is 9.80. The molecule has 1 aliphatic rings. The second kappa shape index (κ2) is 6.87. The Hall–Kier alpha value is -4.34. The van der Waals surface area contributed by atoms with Crippen LogP contribution in [0.4, 0.5) is 0 Å². The molecule has 10 heteroatoms. The number of nitrogens with zero attached hydrogens (tertiary/aromatic N) is 6. The fourth-order valence-electron chi connectivity index (χ4n) is 3.94. The fourth-order valence-corrected chi connectivity index (χ4v) is 3.94. The number of imidazole rings is 1. The molecule has 10 nitrogen and oxygen atoms in total. The van der Waals surface area contributed by atoms with E-state index in [0.717, 1.165) is 28.0 Å². The van der Waals surface area contributed by atoms with E-state index in [1.165, 1.54) is 0 Å². The van der Waals surface area contributed by atoms with Gasteiger partial charge in [0.1, 0.15) is 11.7 Å². The number of benzene rings is 1. The van der Waals surface area contributed by atoms with Crippen molar-refractivity contribution in [1.82, 2.24) is 40.2 Å². The van der Waals surface area contributed by atoms with Gasteiger partial charge in [0.2, 0.25) is 0 Å². The van der Waals surface area contributed by atoms with E-state index in [2.05, 4.69) is 30.4 Å². The van der Waals surface area contributed by atoms with Crippen LogP contribution in [-0.4, -0.2) is 52.7 Å². The first-order chi connectivity index (χ1) is 15.3. The molecule has 0 saturated heterocycles. The third-order valence-electron chi connectivity index (χ3n) is 5.41. The zero-order chi connectivity index (χ0) is 20.8. The van der Waals surface area contributed by atoms with Gasteiger partial charge in [-0.2, -0.15) is 5.10 Å². The summed E-state index contributed by atoms with van der Waals surface area (Å²) in [5.74, 6) is -0.284. The smallest absolute Gasteiger partial charge is 0.312 e. The summed E-state index contributed by atoms with van der Waals surface area (Å²) in [5, 5.41) is 15.7. The standard InChI is InChI=1S/C21H16N8O2/c30-21(20-28-27-19(31-20)16-7-9-24-26-16)29-10-8-14-17(23-11-22-14)18(29)15-6-5-12-3-1-2-4-13(12)25-15/h1-7,9,11,18H,8,10H2,(H,22,23)(H,24,26)/t18-/m1/s1. The normalized spacial score (nSPS) is 15.9. The van der Waals surface area contributed by atoms with Gasteiger partial charge >= 0.3 is 11.8 Å². The monoisotopic (exact) mass is 412 g/mol. The van der Waals surface area contributed by atoms with Gasteiger partial charge in [-0.3, -0.25) is 14.9 Å². The second-order valence-corrected chi connectivity index (χ2v) is 7.22. The number of carbonyl (C=O) groups is 1. The van der Waals surface area contributed by atoms with E-state index in [1.54, 1.807) is 23.5 Å². The number of nitrogens with one attached hydrogen (secondary N) is 2. The number of carbonyl (C=O) groups excluding carboxylic acids is 1. The lowest BCUT2D eigenvalue weighted by Crippen LogP contribution is -2.41. The topological polar surface area (TPSA) is 129 Å². The van der Waals surface area contributed by atoms with E-state index >= 15 is 0 Å². The highest BCUT2D eigenvalue weighted by atomic mass is 16.4. The van der Waals surface area contributed by atoms with Crippen molar-refractivity contribution in [2.24, 2.45) is 0 Å². The molecule has 0 spiro atoms. The Morgan fingerprint density at radius 2 is 2.06 bits per heavy atom. The van der Waals surface area contributed by atoms with Gasteiger partial charge in [0.25, 0.3) is 5.89 Å². The molecule has 0 aliphatic carbocycles. The van der Waals surface area contributed by atoms with Gasteiger partial charge in [0.15, 0.2) is 0 Å². The van der Waals surface area contributed by atoms with E-state index in [4.69, 9.17) is 9.40 Å².